The Morgan fingerprint density at radius 1 is 1.07 bits per heavy atom. The molecule has 0 bridgehead atoms. The molecule has 13 nitrogen and oxygen atoms in total. The molecule has 9 rings (SSSR count). The molecular formula is C46H55N7O6S. The Bertz CT molecular complexity index is 2530. The zero-order chi connectivity index (χ0) is 41.8. The van der Waals surface area contributed by atoms with Crippen molar-refractivity contribution in [1.29, 1.82) is 0 Å². The summed E-state index contributed by atoms with van der Waals surface area (Å²) in [5, 5.41) is 4.15. The zero-order valence-corrected chi connectivity index (χ0v) is 35.6. The van der Waals surface area contributed by atoms with Gasteiger partial charge in [-0.25, -0.2) is 18.1 Å². The minimum atomic E-state index is -4.39. The van der Waals surface area contributed by atoms with Crippen molar-refractivity contribution >= 4 is 44.0 Å². The molecule has 3 aromatic carbocycles. The molecule has 0 radical (unpaired) electrons. The quantitative estimate of drug-likeness (QED) is 0.0955. The number of sulfonamides is 1. The third kappa shape index (κ3) is 7.65. The summed E-state index contributed by atoms with van der Waals surface area (Å²) < 4.78 is 47.4. The molecule has 1 unspecified atom stereocenters. The number of hydrogen-bond donors (Lipinski definition) is 4. The largest absolute Gasteiger partial charge is 0.489 e. The Balaban J connectivity index is 0.916. The molecule has 2 atom stereocenters. The van der Waals surface area contributed by atoms with Crippen LogP contribution in [0, 0.1) is 5.41 Å². The number of ether oxygens (including phenoxy) is 3. The molecule has 60 heavy (non-hydrogen) atoms. The van der Waals surface area contributed by atoms with E-state index in [2.05, 4.69) is 67.9 Å². The first-order chi connectivity index (χ1) is 28.8. The monoisotopic (exact) mass is 833 g/mol. The van der Waals surface area contributed by atoms with Crippen molar-refractivity contribution in [2.45, 2.75) is 87.7 Å². The minimum absolute atomic E-state index is 0.0604. The number of amides is 1. The van der Waals surface area contributed by atoms with Crippen LogP contribution < -0.4 is 30.1 Å². The number of aromatic nitrogens is 2. The molecule has 5 heterocycles. The third-order valence-electron chi connectivity index (χ3n) is 13.2. The number of rotatable bonds is 11. The maximum atomic E-state index is 14.0. The number of pyridine rings is 1. The molecule has 2 aromatic heterocycles. The van der Waals surface area contributed by atoms with Gasteiger partial charge in [-0.1, -0.05) is 38.1 Å². The Kier molecular flexibility index (Phi) is 10.4. The fraction of sp³-hybridized carbons (Fsp3) is 0.435. The number of H-pyrrole nitrogens is 1. The molecule has 1 aliphatic carbocycles. The number of benzene rings is 3. The van der Waals surface area contributed by atoms with E-state index < -0.39 is 21.5 Å². The number of piperidine rings is 1. The molecule has 3 fully saturated rings. The van der Waals surface area contributed by atoms with Gasteiger partial charge in [-0.2, -0.15) is 0 Å². The summed E-state index contributed by atoms with van der Waals surface area (Å²) in [5.74, 6) is 0.570. The van der Waals surface area contributed by atoms with Gasteiger partial charge in [0.1, 0.15) is 35.2 Å². The first kappa shape index (κ1) is 40.1. The average molecular weight is 834 g/mol. The second-order valence-corrected chi connectivity index (χ2v) is 19.5. The van der Waals surface area contributed by atoms with E-state index in [4.69, 9.17) is 19.9 Å². The molecule has 4 aliphatic rings. The van der Waals surface area contributed by atoms with Crippen molar-refractivity contribution in [3.63, 3.8) is 0 Å². The Morgan fingerprint density at radius 3 is 2.65 bits per heavy atom. The van der Waals surface area contributed by atoms with Gasteiger partial charge in [0.05, 0.1) is 34.5 Å². The highest BCUT2D eigenvalue weighted by molar-refractivity contribution is 7.90. The lowest BCUT2D eigenvalue weighted by Crippen LogP contribution is -2.54. The van der Waals surface area contributed by atoms with Gasteiger partial charge in [0.2, 0.25) is 0 Å². The molecule has 1 amide bonds. The number of fused-ring (bicyclic) bond motifs is 2. The van der Waals surface area contributed by atoms with E-state index in [0.717, 1.165) is 37.0 Å². The van der Waals surface area contributed by atoms with Gasteiger partial charge in [-0.15, -0.1) is 0 Å². The van der Waals surface area contributed by atoms with E-state index in [1.54, 1.807) is 25.6 Å². The van der Waals surface area contributed by atoms with Gasteiger partial charge in [-0.05, 0) is 105 Å². The second-order valence-electron chi connectivity index (χ2n) is 17.8. The summed E-state index contributed by atoms with van der Waals surface area (Å²) in [6.45, 7) is 10.0. The average Bonchev–Trinajstić information content (AvgIpc) is 3.90. The molecule has 3 aliphatic heterocycles. The van der Waals surface area contributed by atoms with E-state index in [9.17, 15) is 13.2 Å². The lowest BCUT2D eigenvalue weighted by Gasteiger charge is -2.56. The van der Waals surface area contributed by atoms with Gasteiger partial charge >= 0.3 is 0 Å². The summed E-state index contributed by atoms with van der Waals surface area (Å²) in [5.41, 5.74) is 11.4. The summed E-state index contributed by atoms with van der Waals surface area (Å²) in [4.78, 5) is 26.5. The fourth-order valence-electron chi connectivity index (χ4n) is 10.0. The van der Waals surface area contributed by atoms with Crippen LogP contribution in [0.4, 0.5) is 17.1 Å². The molecule has 5 aromatic rings. The van der Waals surface area contributed by atoms with Crippen LogP contribution in [0.5, 0.6) is 17.2 Å². The number of methoxy groups -OCH3 is 1. The number of carbonyl (C=O) groups is 1. The minimum Gasteiger partial charge on any atom is -0.489 e. The van der Waals surface area contributed by atoms with Crippen LogP contribution in [0.25, 0.3) is 11.0 Å². The lowest BCUT2D eigenvalue weighted by atomic mass is 9.59. The number of carbonyl (C=O) groups excluding carboxylic acids is 1. The van der Waals surface area contributed by atoms with Crippen molar-refractivity contribution < 1.29 is 27.4 Å². The predicted molar refractivity (Wildman–Crippen MR) is 234 cm³/mol. The smallest absolute Gasteiger partial charge is 0.268 e. The lowest BCUT2D eigenvalue weighted by molar-refractivity contribution is -0.0227. The second kappa shape index (κ2) is 15.6. The standard InChI is InChI=1S/C46H55N7O6S/c1-29(2)35-8-5-6-9-36(35)39-10-7-17-53(39)32-24-46(25-32)14-18-52(19-15-46)31-11-12-37(40(21-31)59-33-20-30-13-16-48-43(30)49-26-33)44(54)51-60(55,56)34-22-38(47)42-41(23-34)58-28-45(3,50-42)27-57-4/h5-6,8-9,11-13,16,20-23,26,29,32,39,50H,7,10,14-15,17-19,24-25,27-28,47H2,1-4H3,(H,48,49)(H,51,54)/t39-,45?/m0/s1. The third-order valence-corrected chi connectivity index (χ3v) is 14.5. The molecular weight excluding hydrogens is 779 g/mol. The van der Waals surface area contributed by atoms with Crippen LogP contribution in [0.1, 0.15) is 92.7 Å². The maximum Gasteiger partial charge on any atom is 0.268 e. The molecule has 5 N–H and O–H groups in total. The van der Waals surface area contributed by atoms with Gasteiger partial charge in [0.25, 0.3) is 15.9 Å². The number of hydrogen-bond acceptors (Lipinski definition) is 11. The van der Waals surface area contributed by atoms with E-state index in [1.165, 1.54) is 55.5 Å². The summed E-state index contributed by atoms with van der Waals surface area (Å²) >= 11 is 0. The predicted octanol–water partition coefficient (Wildman–Crippen LogP) is 7.98. The highest BCUT2D eigenvalue weighted by atomic mass is 32.2. The number of nitrogens with two attached hydrogens (primary N) is 1. The van der Waals surface area contributed by atoms with Gasteiger partial charge in [0.15, 0.2) is 0 Å². The Hall–Kier alpha value is -5.31. The van der Waals surface area contributed by atoms with E-state index >= 15 is 0 Å². The first-order valence-electron chi connectivity index (χ1n) is 21.1. The number of nitrogens with one attached hydrogen (secondary N) is 3. The number of anilines is 3. The highest BCUT2D eigenvalue weighted by Crippen LogP contribution is 2.54. The number of nitrogen functional groups attached to an aromatic ring is 1. The van der Waals surface area contributed by atoms with Crippen molar-refractivity contribution in [2.24, 2.45) is 5.41 Å². The van der Waals surface area contributed by atoms with Crippen molar-refractivity contribution in [3.8, 4) is 17.2 Å². The van der Waals surface area contributed by atoms with Crippen molar-refractivity contribution in [3.05, 3.63) is 95.8 Å². The Labute approximate surface area is 352 Å². The Morgan fingerprint density at radius 2 is 1.87 bits per heavy atom. The van der Waals surface area contributed by atoms with Crippen LogP contribution in [0.15, 0.2) is 84.0 Å². The van der Waals surface area contributed by atoms with E-state index in [1.807, 2.05) is 31.2 Å². The maximum absolute atomic E-state index is 14.0. The topological polar surface area (TPSA) is 164 Å². The van der Waals surface area contributed by atoms with Gasteiger partial charge < -0.3 is 35.1 Å². The van der Waals surface area contributed by atoms with Gasteiger partial charge in [-0.3, -0.25) is 9.69 Å². The van der Waals surface area contributed by atoms with Crippen molar-refractivity contribution in [1.82, 2.24) is 19.6 Å². The number of nitrogens with zero attached hydrogens (tertiary/aromatic N) is 3. The van der Waals surface area contributed by atoms with E-state index in [0.29, 0.717) is 47.1 Å². The van der Waals surface area contributed by atoms with Crippen LogP contribution in [0.3, 0.4) is 0 Å². The van der Waals surface area contributed by atoms with Gasteiger partial charge in [0, 0.05) is 61.7 Å². The molecule has 316 valence electrons. The van der Waals surface area contributed by atoms with Crippen molar-refractivity contribution in [2.75, 3.05) is 55.9 Å². The molecule has 1 saturated carbocycles. The van der Waals surface area contributed by atoms with Crippen LogP contribution in [-0.2, 0) is 14.8 Å². The molecule has 14 heteroatoms. The number of aromatic amines is 1. The summed E-state index contributed by atoms with van der Waals surface area (Å²) in [6.07, 6.45) is 10.5. The van der Waals surface area contributed by atoms with E-state index in [-0.39, 0.29) is 34.3 Å². The van der Waals surface area contributed by atoms with Crippen LogP contribution >= 0.6 is 0 Å². The van der Waals surface area contributed by atoms with Crippen LogP contribution in [0.2, 0.25) is 0 Å². The van der Waals surface area contributed by atoms with Crippen LogP contribution in [-0.4, -0.2) is 80.7 Å². The molecule has 2 saturated heterocycles. The normalized spacial score (nSPS) is 21.7. The molecule has 1 spiro atoms. The number of likely N-dealkylation sites (tertiary alicyclic amines) is 1. The zero-order valence-electron chi connectivity index (χ0n) is 34.8. The highest BCUT2D eigenvalue weighted by Gasteiger charge is 2.50. The summed E-state index contributed by atoms with van der Waals surface area (Å²) in [6, 6.07) is 21.9. The SMILES string of the molecule is COCC1(C)COc2cc(S(=O)(=O)NC(=O)c3ccc(N4CCC5(CC4)CC(N4CCC[C@H]4c4ccccc4C(C)C)C5)cc3Oc3cnc4[nH]ccc4c3)cc(N)c2N1. The summed E-state index contributed by atoms with van der Waals surface area (Å²) in [7, 11) is -2.80. The first-order valence-corrected chi connectivity index (χ1v) is 22.6. The fourth-order valence-corrected chi connectivity index (χ4v) is 11.0.